The standard InChI is InChI=1S/C13H16N2O3/c1-18-13(17)8-2-3-11-9(4-10(14)7-16)6-15-12(11)5-8/h2-3,5-6,10,15-16H,4,7,14H2,1H3. The van der Waals surface area contributed by atoms with Crippen molar-refractivity contribution >= 4 is 16.9 Å². The molecular formula is C13H16N2O3. The smallest absolute Gasteiger partial charge is 0.337 e. The Morgan fingerprint density at radius 1 is 1.56 bits per heavy atom. The van der Waals surface area contributed by atoms with Crippen molar-refractivity contribution in [3.63, 3.8) is 0 Å². The van der Waals surface area contributed by atoms with Crippen LogP contribution in [-0.2, 0) is 11.2 Å². The van der Waals surface area contributed by atoms with Gasteiger partial charge in [-0.1, -0.05) is 6.07 Å². The van der Waals surface area contributed by atoms with E-state index in [2.05, 4.69) is 9.72 Å². The van der Waals surface area contributed by atoms with E-state index in [-0.39, 0.29) is 18.6 Å². The van der Waals surface area contributed by atoms with E-state index >= 15 is 0 Å². The maximum Gasteiger partial charge on any atom is 0.337 e. The van der Waals surface area contributed by atoms with Crippen LogP contribution in [0.15, 0.2) is 24.4 Å². The van der Waals surface area contributed by atoms with Crippen LogP contribution in [0.4, 0.5) is 0 Å². The molecule has 0 spiro atoms. The number of aromatic nitrogens is 1. The third-order valence-corrected chi connectivity index (χ3v) is 2.91. The van der Waals surface area contributed by atoms with Gasteiger partial charge in [0, 0.05) is 23.1 Å². The summed E-state index contributed by atoms with van der Waals surface area (Å²) >= 11 is 0. The van der Waals surface area contributed by atoms with Crippen LogP contribution in [-0.4, -0.2) is 35.8 Å². The van der Waals surface area contributed by atoms with Gasteiger partial charge in [0.25, 0.3) is 0 Å². The van der Waals surface area contributed by atoms with E-state index in [4.69, 9.17) is 10.8 Å². The molecule has 0 saturated heterocycles. The molecule has 1 heterocycles. The lowest BCUT2D eigenvalue weighted by atomic mass is 10.0. The molecule has 0 aliphatic rings. The van der Waals surface area contributed by atoms with Crippen LogP contribution in [0.5, 0.6) is 0 Å². The van der Waals surface area contributed by atoms with Crippen molar-refractivity contribution in [1.29, 1.82) is 0 Å². The number of aliphatic hydroxyl groups excluding tert-OH is 1. The first-order chi connectivity index (χ1) is 8.65. The normalized spacial score (nSPS) is 12.6. The van der Waals surface area contributed by atoms with Gasteiger partial charge in [-0.3, -0.25) is 0 Å². The summed E-state index contributed by atoms with van der Waals surface area (Å²) < 4.78 is 4.67. The topological polar surface area (TPSA) is 88.3 Å². The average molecular weight is 248 g/mol. The Hall–Kier alpha value is -1.85. The van der Waals surface area contributed by atoms with E-state index in [1.807, 2.05) is 12.3 Å². The van der Waals surface area contributed by atoms with E-state index < -0.39 is 0 Å². The molecule has 0 amide bonds. The Bertz CT molecular complexity index is 562. The fourth-order valence-electron chi connectivity index (χ4n) is 1.95. The van der Waals surface area contributed by atoms with Crippen molar-refractivity contribution in [2.45, 2.75) is 12.5 Å². The zero-order valence-electron chi connectivity index (χ0n) is 10.1. The van der Waals surface area contributed by atoms with Crippen LogP contribution >= 0.6 is 0 Å². The number of H-pyrrole nitrogens is 1. The Morgan fingerprint density at radius 2 is 2.33 bits per heavy atom. The van der Waals surface area contributed by atoms with Crippen LogP contribution in [0.1, 0.15) is 15.9 Å². The first kappa shape index (κ1) is 12.6. The van der Waals surface area contributed by atoms with Crippen molar-refractivity contribution in [2.24, 2.45) is 5.73 Å². The molecule has 0 aliphatic heterocycles. The highest BCUT2D eigenvalue weighted by Crippen LogP contribution is 2.21. The van der Waals surface area contributed by atoms with Crippen LogP contribution in [0.2, 0.25) is 0 Å². The summed E-state index contributed by atoms with van der Waals surface area (Å²) in [5, 5.41) is 9.96. The molecule has 18 heavy (non-hydrogen) atoms. The number of fused-ring (bicyclic) bond motifs is 1. The molecule has 5 heteroatoms. The van der Waals surface area contributed by atoms with Crippen LogP contribution in [0.25, 0.3) is 10.9 Å². The van der Waals surface area contributed by atoms with Gasteiger partial charge in [0.2, 0.25) is 0 Å². The molecule has 0 saturated carbocycles. The molecule has 1 aromatic carbocycles. The fraction of sp³-hybridized carbons (Fsp3) is 0.308. The molecule has 96 valence electrons. The molecule has 0 radical (unpaired) electrons. The minimum Gasteiger partial charge on any atom is -0.465 e. The lowest BCUT2D eigenvalue weighted by Crippen LogP contribution is -2.26. The van der Waals surface area contributed by atoms with E-state index in [0.717, 1.165) is 16.5 Å². The number of benzene rings is 1. The first-order valence-electron chi connectivity index (χ1n) is 5.70. The fourth-order valence-corrected chi connectivity index (χ4v) is 1.95. The number of methoxy groups -OCH3 is 1. The highest BCUT2D eigenvalue weighted by atomic mass is 16.5. The van der Waals surface area contributed by atoms with Crippen molar-refractivity contribution in [1.82, 2.24) is 4.98 Å². The average Bonchev–Trinajstić information content (AvgIpc) is 2.80. The van der Waals surface area contributed by atoms with Gasteiger partial charge in [0.05, 0.1) is 19.3 Å². The number of hydrogen-bond acceptors (Lipinski definition) is 4. The van der Waals surface area contributed by atoms with Crippen LogP contribution in [0.3, 0.4) is 0 Å². The number of hydrogen-bond donors (Lipinski definition) is 3. The van der Waals surface area contributed by atoms with Gasteiger partial charge in [-0.05, 0) is 24.1 Å². The quantitative estimate of drug-likeness (QED) is 0.699. The minimum atomic E-state index is -0.361. The third kappa shape index (κ3) is 2.37. The van der Waals surface area contributed by atoms with E-state index in [1.54, 1.807) is 12.1 Å². The highest BCUT2D eigenvalue weighted by Gasteiger charge is 2.11. The number of aromatic amines is 1. The molecule has 0 bridgehead atoms. The van der Waals surface area contributed by atoms with Gasteiger partial charge in [-0.2, -0.15) is 0 Å². The molecule has 2 aromatic rings. The first-order valence-corrected chi connectivity index (χ1v) is 5.70. The third-order valence-electron chi connectivity index (χ3n) is 2.91. The second kappa shape index (κ2) is 5.20. The van der Waals surface area contributed by atoms with Gasteiger partial charge >= 0.3 is 5.97 Å². The summed E-state index contributed by atoms with van der Waals surface area (Å²) in [6.45, 7) is -0.0487. The van der Waals surface area contributed by atoms with Crippen molar-refractivity contribution in [3.8, 4) is 0 Å². The Kier molecular flexibility index (Phi) is 3.64. The summed E-state index contributed by atoms with van der Waals surface area (Å²) in [4.78, 5) is 14.5. The monoisotopic (exact) mass is 248 g/mol. The number of carbonyl (C=O) groups is 1. The predicted molar refractivity (Wildman–Crippen MR) is 68.4 cm³/mol. The highest BCUT2D eigenvalue weighted by molar-refractivity contribution is 5.95. The maximum atomic E-state index is 11.4. The van der Waals surface area contributed by atoms with Crippen molar-refractivity contribution in [2.75, 3.05) is 13.7 Å². The van der Waals surface area contributed by atoms with E-state index in [0.29, 0.717) is 12.0 Å². The zero-order chi connectivity index (χ0) is 13.1. The zero-order valence-corrected chi connectivity index (χ0v) is 10.1. The summed E-state index contributed by atoms with van der Waals surface area (Å²) in [6, 6.07) is 5.05. The SMILES string of the molecule is COC(=O)c1ccc2c(CC(N)CO)c[nH]c2c1. The molecule has 1 atom stereocenters. The second-order valence-corrected chi connectivity index (χ2v) is 4.21. The van der Waals surface area contributed by atoms with Crippen LogP contribution in [0, 0.1) is 0 Å². The Morgan fingerprint density at radius 3 is 3.00 bits per heavy atom. The number of esters is 1. The van der Waals surface area contributed by atoms with E-state index in [9.17, 15) is 4.79 Å². The predicted octanol–water partition coefficient (Wildman–Crippen LogP) is 0.817. The lowest BCUT2D eigenvalue weighted by molar-refractivity contribution is 0.0601. The molecule has 4 N–H and O–H groups in total. The number of carbonyl (C=O) groups excluding carboxylic acids is 1. The number of aliphatic hydroxyl groups is 1. The molecule has 1 unspecified atom stereocenters. The molecule has 0 fully saturated rings. The minimum absolute atomic E-state index is 0.0487. The van der Waals surface area contributed by atoms with Crippen molar-refractivity contribution < 1.29 is 14.6 Å². The Balaban J connectivity index is 2.34. The summed E-state index contributed by atoms with van der Waals surface area (Å²) in [7, 11) is 1.35. The number of rotatable bonds is 4. The number of nitrogens with one attached hydrogen (secondary N) is 1. The number of ether oxygens (including phenoxy) is 1. The van der Waals surface area contributed by atoms with Gasteiger partial charge in [0.15, 0.2) is 0 Å². The van der Waals surface area contributed by atoms with Gasteiger partial charge in [0.1, 0.15) is 0 Å². The van der Waals surface area contributed by atoms with Crippen LogP contribution < -0.4 is 5.73 Å². The molecular weight excluding hydrogens is 232 g/mol. The molecule has 0 aliphatic carbocycles. The largest absolute Gasteiger partial charge is 0.465 e. The summed E-state index contributed by atoms with van der Waals surface area (Å²) in [5.41, 5.74) is 8.11. The molecule has 5 nitrogen and oxygen atoms in total. The van der Waals surface area contributed by atoms with Crippen molar-refractivity contribution in [3.05, 3.63) is 35.5 Å². The summed E-state index contributed by atoms with van der Waals surface area (Å²) in [5.74, 6) is -0.361. The van der Waals surface area contributed by atoms with Gasteiger partial charge in [-0.25, -0.2) is 4.79 Å². The van der Waals surface area contributed by atoms with E-state index in [1.165, 1.54) is 7.11 Å². The Labute approximate surface area is 105 Å². The maximum absolute atomic E-state index is 11.4. The molecule has 1 aromatic heterocycles. The lowest BCUT2D eigenvalue weighted by Gasteiger charge is -2.06. The van der Waals surface area contributed by atoms with Gasteiger partial charge in [-0.15, -0.1) is 0 Å². The summed E-state index contributed by atoms with van der Waals surface area (Å²) in [6.07, 6.45) is 2.44. The molecule has 2 rings (SSSR count). The number of nitrogens with two attached hydrogens (primary N) is 1. The van der Waals surface area contributed by atoms with Gasteiger partial charge < -0.3 is 20.6 Å². The second-order valence-electron chi connectivity index (χ2n) is 4.21.